The first-order valence-electron chi connectivity index (χ1n) is 9.46. The van der Waals surface area contributed by atoms with Crippen LogP contribution in [0.2, 0.25) is 0 Å². The number of amides is 1. The molecule has 1 aromatic heterocycles. The summed E-state index contributed by atoms with van der Waals surface area (Å²) in [6.45, 7) is 6.23. The Hall–Kier alpha value is -2.18. The van der Waals surface area contributed by atoms with Crippen LogP contribution in [0.5, 0.6) is 0 Å². The number of aliphatic hydroxyl groups excluding tert-OH is 1. The largest absolute Gasteiger partial charge is 0.387 e. The lowest BCUT2D eigenvalue weighted by Crippen LogP contribution is -2.24. The van der Waals surface area contributed by atoms with E-state index in [1.165, 1.54) is 5.56 Å². The zero-order chi connectivity index (χ0) is 18.1. The number of rotatable bonds is 4. The summed E-state index contributed by atoms with van der Waals surface area (Å²) in [6.07, 6.45) is 2.14. The minimum atomic E-state index is -0.524. The summed E-state index contributed by atoms with van der Waals surface area (Å²) in [4.78, 5) is 16.2. The predicted octanol–water partition coefficient (Wildman–Crippen LogP) is 2.47. The third kappa shape index (κ3) is 3.52. The molecular formula is C20H26N4O2. The molecule has 138 valence electrons. The van der Waals surface area contributed by atoms with Crippen LogP contribution in [0.4, 0.5) is 5.69 Å². The minimum absolute atomic E-state index is 0.229. The summed E-state index contributed by atoms with van der Waals surface area (Å²) < 4.78 is 2.03. The highest BCUT2D eigenvalue weighted by atomic mass is 16.3. The third-order valence-electron chi connectivity index (χ3n) is 5.27. The van der Waals surface area contributed by atoms with Crippen LogP contribution in [0, 0.1) is 0 Å². The lowest BCUT2D eigenvalue weighted by molar-refractivity contribution is -0.117. The molecular weight excluding hydrogens is 328 g/mol. The molecule has 3 heterocycles. The number of hydrogen-bond donors (Lipinski definition) is 1. The Morgan fingerprint density at radius 3 is 2.65 bits per heavy atom. The van der Waals surface area contributed by atoms with Crippen LogP contribution >= 0.6 is 0 Å². The third-order valence-corrected chi connectivity index (χ3v) is 5.27. The summed E-state index contributed by atoms with van der Waals surface area (Å²) in [5, 5.41) is 14.3. The molecule has 0 spiro atoms. The highest BCUT2D eigenvalue weighted by Gasteiger charge is 2.22. The Morgan fingerprint density at radius 2 is 1.96 bits per heavy atom. The molecule has 0 bridgehead atoms. The molecule has 1 unspecified atom stereocenters. The zero-order valence-electron chi connectivity index (χ0n) is 15.3. The van der Waals surface area contributed by atoms with Gasteiger partial charge in [-0.2, -0.15) is 5.10 Å². The van der Waals surface area contributed by atoms with Gasteiger partial charge in [0.15, 0.2) is 0 Å². The van der Waals surface area contributed by atoms with Gasteiger partial charge in [-0.15, -0.1) is 0 Å². The lowest BCUT2D eigenvalue weighted by Gasteiger charge is -2.20. The van der Waals surface area contributed by atoms with Gasteiger partial charge in [0.2, 0.25) is 5.91 Å². The molecule has 4 rings (SSSR count). The average molecular weight is 354 g/mol. The Balaban J connectivity index is 1.44. The van der Waals surface area contributed by atoms with Gasteiger partial charge >= 0.3 is 0 Å². The van der Waals surface area contributed by atoms with E-state index < -0.39 is 6.10 Å². The van der Waals surface area contributed by atoms with Crippen LogP contribution in [-0.4, -0.2) is 38.8 Å². The number of carbonyl (C=O) groups excluding carboxylic acids is 1. The topological polar surface area (TPSA) is 61.6 Å². The molecule has 1 N–H and O–H groups in total. The number of benzene rings is 1. The van der Waals surface area contributed by atoms with E-state index >= 15 is 0 Å². The first kappa shape index (κ1) is 17.2. The summed E-state index contributed by atoms with van der Waals surface area (Å²) in [5.74, 6) is 0.229. The van der Waals surface area contributed by atoms with Gasteiger partial charge in [-0.3, -0.25) is 14.4 Å². The van der Waals surface area contributed by atoms with Crippen molar-refractivity contribution in [1.29, 1.82) is 0 Å². The molecule has 1 aromatic carbocycles. The van der Waals surface area contributed by atoms with Gasteiger partial charge in [0.25, 0.3) is 0 Å². The van der Waals surface area contributed by atoms with Crippen LogP contribution < -0.4 is 4.90 Å². The van der Waals surface area contributed by atoms with Crippen molar-refractivity contribution in [2.45, 2.75) is 51.9 Å². The second kappa shape index (κ2) is 7.21. The van der Waals surface area contributed by atoms with E-state index in [2.05, 4.69) is 34.3 Å². The number of fused-ring (bicyclic) bond motifs is 1. The van der Waals surface area contributed by atoms with Crippen molar-refractivity contribution in [3.63, 3.8) is 0 Å². The first-order chi connectivity index (χ1) is 12.6. The van der Waals surface area contributed by atoms with Crippen LogP contribution in [0.1, 0.15) is 49.2 Å². The summed E-state index contributed by atoms with van der Waals surface area (Å²) in [5.41, 5.74) is 4.18. The van der Waals surface area contributed by atoms with Gasteiger partial charge in [0.05, 0.1) is 17.5 Å². The van der Waals surface area contributed by atoms with E-state index in [9.17, 15) is 9.90 Å². The number of hydrogen-bond acceptors (Lipinski definition) is 4. The standard InChI is InChI=1S/C20H26N4O2/c1-15(25)19-12-18-14-22(9-3-11-24(18)21-19)13-16-5-7-17(8-6-16)23-10-2-4-20(23)26/h5-8,12,15,25H,2-4,9-11,13-14H2,1H3. The Bertz CT molecular complexity index is 782. The van der Waals surface area contributed by atoms with Crippen molar-refractivity contribution in [3.8, 4) is 0 Å². The average Bonchev–Trinajstić information content (AvgIpc) is 3.18. The Labute approximate surface area is 154 Å². The second-order valence-electron chi connectivity index (χ2n) is 7.34. The van der Waals surface area contributed by atoms with Crippen LogP contribution in [0.3, 0.4) is 0 Å². The monoisotopic (exact) mass is 354 g/mol. The molecule has 2 aromatic rings. The SMILES string of the molecule is CC(O)c1cc2n(n1)CCCN(Cc1ccc(N3CCCC3=O)cc1)C2. The summed E-state index contributed by atoms with van der Waals surface area (Å²) >= 11 is 0. The molecule has 2 aliphatic heterocycles. The number of nitrogens with zero attached hydrogens (tertiary/aromatic N) is 4. The quantitative estimate of drug-likeness (QED) is 0.916. The molecule has 1 atom stereocenters. The number of aliphatic hydroxyl groups is 1. The molecule has 0 aliphatic carbocycles. The normalized spacial score (nSPS) is 19.5. The molecule has 0 saturated carbocycles. The summed E-state index contributed by atoms with van der Waals surface area (Å²) in [6, 6.07) is 10.4. The fraction of sp³-hybridized carbons (Fsp3) is 0.500. The van der Waals surface area contributed by atoms with Gasteiger partial charge in [-0.05, 0) is 43.5 Å². The van der Waals surface area contributed by atoms with Crippen molar-refractivity contribution in [1.82, 2.24) is 14.7 Å². The predicted molar refractivity (Wildman–Crippen MR) is 99.6 cm³/mol. The molecule has 1 saturated heterocycles. The van der Waals surface area contributed by atoms with Gasteiger partial charge in [-0.25, -0.2) is 0 Å². The Kier molecular flexibility index (Phi) is 4.78. The van der Waals surface area contributed by atoms with Gasteiger partial charge in [0.1, 0.15) is 0 Å². The molecule has 1 fully saturated rings. The van der Waals surface area contributed by atoms with E-state index in [-0.39, 0.29) is 5.91 Å². The van der Waals surface area contributed by atoms with Crippen LogP contribution in [-0.2, 0) is 24.4 Å². The zero-order valence-corrected chi connectivity index (χ0v) is 15.3. The van der Waals surface area contributed by atoms with Crippen molar-refractivity contribution >= 4 is 11.6 Å². The maximum Gasteiger partial charge on any atom is 0.227 e. The highest BCUT2D eigenvalue weighted by Crippen LogP contribution is 2.23. The molecule has 0 radical (unpaired) electrons. The maximum absolute atomic E-state index is 11.9. The molecule has 1 amide bonds. The first-order valence-corrected chi connectivity index (χ1v) is 9.46. The van der Waals surface area contributed by atoms with Gasteiger partial charge in [-0.1, -0.05) is 12.1 Å². The number of aromatic nitrogens is 2. The van der Waals surface area contributed by atoms with Crippen LogP contribution in [0.25, 0.3) is 0 Å². The fourth-order valence-electron chi connectivity index (χ4n) is 3.85. The van der Waals surface area contributed by atoms with Crippen molar-refractivity contribution < 1.29 is 9.90 Å². The van der Waals surface area contributed by atoms with E-state index in [1.807, 2.05) is 15.6 Å². The Morgan fingerprint density at radius 1 is 1.15 bits per heavy atom. The van der Waals surface area contributed by atoms with Gasteiger partial charge in [0, 0.05) is 44.8 Å². The number of carbonyl (C=O) groups is 1. The minimum Gasteiger partial charge on any atom is -0.387 e. The number of aryl methyl sites for hydroxylation is 1. The van der Waals surface area contributed by atoms with E-state index in [0.29, 0.717) is 6.42 Å². The number of anilines is 1. The highest BCUT2D eigenvalue weighted by molar-refractivity contribution is 5.95. The molecule has 2 aliphatic rings. The second-order valence-corrected chi connectivity index (χ2v) is 7.34. The van der Waals surface area contributed by atoms with Crippen molar-refractivity contribution in [2.75, 3.05) is 18.0 Å². The maximum atomic E-state index is 11.9. The van der Waals surface area contributed by atoms with Crippen LogP contribution in [0.15, 0.2) is 30.3 Å². The lowest BCUT2D eigenvalue weighted by atomic mass is 10.1. The molecule has 6 nitrogen and oxygen atoms in total. The van der Waals surface area contributed by atoms with Gasteiger partial charge < -0.3 is 10.0 Å². The van der Waals surface area contributed by atoms with Crippen molar-refractivity contribution in [2.24, 2.45) is 0 Å². The molecule has 6 heteroatoms. The van der Waals surface area contributed by atoms with E-state index in [1.54, 1.807) is 6.92 Å². The molecule has 26 heavy (non-hydrogen) atoms. The smallest absolute Gasteiger partial charge is 0.227 e. The summed E-state index contributed by atoms with van der Waals surface area (Å²) in [7, 11) is 0. The van der Waals surface area contributed by atoms with E-state index in [0.717, 1.165) is 62.6 Å². The van der Waals surface area contributed by atoms with E-state index in [4.69, 9.17) is 0 Å². The fourth-order valence-corrected chi connectivity index (χ4v) is 3.85. The van der Waals surface area contributed by atoms with Crippen molar-refractivity contribution in [3.05, 3.63) is 47.3 Å².